The number of fused-ring (bicyclic) bond motifs is 11. The lowest BCUT2D eigenvalue weighted by Gasteiger charge is -2.41. The van der Waals surface area contributed by atoms with Gasteiger partial charge in [-0.15, -0.1) is 6.58 Å². The Morgan fingerprint density at radius 3 is 2.12 bits per heavy atom. The van der Waals surface area contributed by atoms with Gasteiger partial charge < -0.3 is 4.90 Å². The molecule has 3 unspecified atom stereocenters. The molecule has 13 rings (SSSR count). The van der Waals surface area contributed by atoms with Crippen LogP contribution >= 0.6 is 0 Å². The smallest absolute Gasteiger partial charge is 0.0716 e. The van der Waals surface area contributed by atoms with Crippen molar-refractivity contribution in [2.24, 2.45) is 0 Å². The Morgan fingerprint density at radius 1 is 0.640 bits per heavy atom. The van der Waals surface area contributed by atoms with Crippen LogP contribution in [-0.4, -0.2) is 11.4 Å². The zero-order valence-corrected chi connectivity index (χ0v) is 51.4. The van der Waals surface area contributed by atoms with E-state index in [-0.39, 0.29) is 10.8 Å². The van der Waals surface area contributed by atoms with E-state index in [1.54, 1.807) is 11.1 Å². The van der Waals surface area contributed by atoms with Crippen molar-refractivity contribution in [2.75, 3.05) is 6.54 Å². The molecule has 0 saturated heterocycles. The maximum atomic E-state index is 4.62. The lowest BCUT2D eigenvalue weighted by molar-refractivity contribution is 0.362. The largest absolute Gasteiger partial charge is 0.345 e. The minimum Gasteiger partial charge on any atom is -0.345 e. The van der Waals surface area contributed by atoms with E-state index < -0.39 is 5.41 Å². The topological polar surface area (TPSA) is 3.24 Å². The molecule has 5 aliphatic carbocycles. The van der Waals surface area contributed by atoms with Crippen LogP contribution in [-0.2, 0) is 29.1 Å². The highest BCUT2D eigenvalue weighted by atomic mass is 15.1. The molecular formula is C85H81N. The van der Waals surface area contributed by atoms with Crippen LogP contribution in [0.15, 0.2) is 277 Å². The van der Waals surface area contributed by atoms with Gasteiger partial charge in [-0.25, -0.2) is 0 Å². The van der Waals surface area contributed by atoms with Crippen LogP contribution in [0.2, 0.25) is 0 Å². The molecule has 0 saturated carbocycles. The minimum absolute atomic E-state index is 0.0254. The molecule has 426 valence electrons. The summed E-state index contributed by atoms with van der Waals surface area (Å²) in [6, 6.07) is 68.7. The number of benzene rings is 8. The SMILES string of the molecule is C=CCC1(c2ccccc2)C(/C=C\C)=C(CN(C2=CCC(C)(c3ccc4c(c3)CC(CCC)=C4CC)CC2)/C(C)=C/C=C(\C=C)c2cccc3c2-c2ccccc2C32C(/C=C\c3ccccc3)=C(C)Cc3c2ccc2ccccc32)c2ccccc21. The molecule has 86 heavy (non-hydrogen) atoms. The first kappa shape index (κ1) is 56.4. The summed E-state index contributed by atoms with van der Waals surface area (Å²) in [5, 5.41) is 2.62. The average Bonchev–Trinajstić information content (AvgIpc) is 1.49. The summed E-state index contributed by atoms with van der Waals surface area (Å²) in [6.45, 7) is 23.8. The summed E-state index contributed by atoms with van der Waals surface area (Å²) >= 11 is 0. The van der Waals surface area contributed by atoms with Crippen molar-refractivity contribution in [3.63, 3.8) is 0 Å². The van der Waals surface area contributed by atoms with E-state index in [4.69, 9.17) is 0 Å². The Bertz CT molecular complexity index is 4270. The Labute approximate surface area is 513 Å². The van der Waals surface area contributed by atoms with Gasteiger partial charge in [0.2, 0.25) is 0 Å². The first-order valence-electron chi connectivity index (χ1n) is 31.7. The predicted molar refractivity (Wildman–Crippen MR) is 368 cm³/mol. The van der Waals surface area contributed by atoms with Gasteiger partial charge in [-0.2, -0.15) is 0 Å². The number of hydrogen-bond donors (Lipinski definition) is 0. The molecule has 8 aromatic carbocycles. The lowest BCUT2D eigenvalue weighted by Crippen LogP contribution is -2.34. The predicted octanol–water partition coefficient (Wildman–Crippen LogP) is 22.0. The Hall–Kier alpha value is -8.78. The molecule has 0 radical (unpaired) electrons. The number of rotatable bonds is 17. The van der Waals surface area contributed by atoms with Gasteiger partial charge in [0.05, 0.1) is 5.41 Å². The second kappa shape index (κ2) is 23.2. The number of nitrogens with zero attached hydrogens (tertiary/aromatic N) is 1. The first-order chi connectivity index (χ1) is 42.1. The van der Waals surface area contributed by atoms with Gasteiger partial charge in [0, 0.05) is 23.4 Å². The third kappa shape index (κ3) is 9.20. The van der Waals surface area contributed by atoms with Gasteiger partial charge >= 0.3 is 0 Å². The summed E-state index contributed by atoms with van der Waals surface area (Å²) < 4.78 is 0. The van der Waals surface area contributed by atoms with Crippen molar-refractivity contribution in [3.05, 3.63) is 344 Å². The molecule has 3 atom stereocenters. The third-order valence-electron chi connectivity index (χ3n) is 20.3. The van der Waals surface area contributed by atoms with Crippen molar-refractivity contribution >= 4 is 33.6 Å². The number of allylic oxidation sites excluding steroid dienone is 16. The van der Waals surface area contributed by atoms with Crippen LogP contribution in [0.5, 0.6) is 0 Å². The van der Waals surface area contributed by atoms with Crippen molar-refractivity contribution in [2.45, 2.75) is 116 Å². The van der Waals surface area contributed by atoms with Crippen molar-refractivity contribution in [3.8, 4) is 11.1 Å². The molecule has 1 spiro atoms. The normalized spacial score (nSPS) is 20.7. The van der Waals surface area contributed by atoms with E-state index >= 15 is 0 Å². The molecule has 5 aliphatic rings. The first-order valence-corrected chi connectivity index (χ1v) is 31.7. The van der Waals surface area contributed by atoms with E-state index in [1.807, 2.05) is 0 Å². The summed E-state index contributed by atoms with van der Waals surface area (Å²) in [5.74, 6) is 0. The maximum absolute atomic E-state index is 4.62. The minimum atomic E-state index is -0.546. The van der Waals surface area contributed by atoms with Gasteiger partial charge in [-0.3, -0.25) is 0 Å². The van der Waals surface area contributed by atoms with Crippen LogP contribution in [0.3, 0.4) is 0 Å². The quantitative estimate of drug-likeness (QED) is 0.0649. The van der Waals surface area contributed by atoms with Gasteiger partial charge in [0.25, 0.3) is 0 Å². The number of hydrogen-bond acceptors (Lipinski definition) is 1. The highest BCUT2D eigenvalue weighted by molar-refractivity contribution is 5.98. The molecule has 1 nitrogen and oxygen atoms in total. The van der Waals surface area contributed by atoms with Crippen LogP contribution in [0.1, 0.15) is 153 Å². The summed E-state index contributed by atoms with van der Waals surface area (Å²) in [4.78, 5) is 2.67. The molecule has 1 heteroatoms. The fourth-order valence-electron chi connectivity index (χ4n) is 16.3. The lowest BCUT2D eigenvalue weighted by atomic mass is 9.60. The molecule has 0 amide bonds. The maximum Gasteiger partial charge on any atom is 0.0716 e. The standard InChI is InChI=1S/C85H81N/c1-9-27-63-55-64-56-66(45-46-70(64)68(63)13-5)83(8)52-49-67(50-53-83)86(57-75-72-35-22-24-38-78(72)84(51-11-3,77(75)28-10-2)65-32-18-15-19-33-65)59(7)41-43-61(12-4)71-37-26-40-81-82(71)73-36-23-25-39-79(73)85(81)76(47-42-60-29-16-14-17-30-60)58(6)54-74-69-34-21-20-31-62(69)44-48-80(74)85/h10-12,14-26,28-49,56H,3-4,9,13,27,50-55,57H2,1-2,5-8H3/b28-10-,47-42-,59-41+,61-43+. The van der Waals surface area contributed by atoms with E-state index in [9.17, 15) is 0 Å². The molecular weight excluding hydrogens is 1030 g/mol. The summed E-state index contributed by atoms with van der Waals surface area (Å²) in [6.07, 6.45) is 30.3. The average molecular weight is 1120 g/mol. The van der Waals surface area contributed by atoms with Gasteiger partial charge in [0.1, 0.15) is 0 Å². The molecule has 0 fully saturated rings. The molecule has 0 heterocycles. The monoisotopic (exact) mass is 1120 g/mol. The van der Waals surface area contributed by atoms with E-state index in [1.165, 1.54) is 135 Å². The van der Waals surface area contributed by atoms with E-state index in [0.717, 1.165) is 57.1 Å². The van der Waals surface area contributed by atoms with E-state index in [0.29, 0.717) is 0 Å². The molecule has 0 bridgehead atoms. The second-order valence-electron chi connectivity index (χ2n) is 25.1. The van der Waals surface area contributed by atoms with Gasteiger partial charge in [-0.1, -0.05) is 276 Å². The fourth-order valence-corrected chi connectivity index (χ4v) is 16.3. The van der Waals surface area contributed by atoms with Gasteiger partial charge in [-0.05, 0) is 200 Å². The third-order valence-corrected chi connectivity index (χ3v) is 20.3. The Morgan fingerprint density at radius 2 is 1.37 bits per heavy atom. The van der Waals surface area contributed by atoms with Crippen molar-refractivity contribution in [1.29, 1.82) is 0 Å². The molecule has 0 aliphatic heterocycles. The zero-order chi connectivity index (χ0) is 59.2. The van der Waals surface area contributed by atoms with Gasteiger partial charge in [0.15, 0.2) is 0 Å². The zero-order valence-electron chi connectivity index (χ0n) is 51.4. The van der Waals surface area contributed by atoms with Crippen LogP contribution in [0.25, 0.3) is 44.7 Å². The molecule has 0 N–H and O–H groups in total. The van der Waals surface area contributed by atoms with Crippen LogP contribution in [0, 0.1) is 0 Å². The summed E-state index contributed by atoms with van der Waals surface area (Å²) in [7, 11) is 0. The highest BCUT2D eigenvalue weighted by Crippen LogP contribution is 2.62. The van der Waals surface area contributed by atoms with E-state index in [2.05, 4.69) is 296 Å². The highest BCUT2D eigenvalue weighted by Gasteiger charge is 2.51. The van der Waals surface area contributed by atoms with Crippen LogP contribution < -0.4 is 0 Å². The summed E-state index contributed by atoms with van der Waals surface area (Å²) in [5.41, 5.74) is 30.3. The second-order valence-corrected chi connectivity index (χ2v) is 25.1. The Kier molecular flexibility index (Phi) is 15.2. The van der Waals surface area contributed by atoms with Crippen molar-refractivity contribution in [1.82, 2.24) is 4.90 Å². The fraction of sp³-hybridized carbons (Fsp3) is 0.224. The Balaban J connectivity index is 0.955. The molecule has 0 aromatic heterocycles. The van der Waals surface area contributed by atoms with Crippen LogP contribution in [0.4, 0.5) is 0 Å². The van der Waals surface area contributed by atoms with Crippen molar-refractivity contribution < 1.29 is 0 Å². The molecule has 8 aromatic rings.